The summed E-state index contributed by atoms with van der Waals surface area (Å²) in [5.74, 6) is -4.30. The predicted octanol–water partition coefficient (Wildman–Crippen LogP) is 2.70. The van der Waals surface area contributed by atoms with Crippen molar-refractivity contribution in [3.63, 3.8) is 0 Å². The molecule has 0 saturated heterocycles. The van der Waals surface area contributed by atoms with E-state index in [-0.39, 0.29) is 22.4 Å². The van der Waals surface area contributed by atoms with Crippen molar-refractivity contribution in [3.8, 4) is 6.07 Å². The summed E-state index contributed by atoms with van der Waals surface area (Å²) in [5, 5.41) is 9.18. The van der Waals surface area contributed by atoms with Crippen LogP contribution in [0.25, 0.3) is 11.0 Å². The first kappa shape index (κ1) is 34.9. The fraction of sp³-hybridized carbons (Fsp3) is 0.500. The fourth-order valence-electron chi connectivity index (χ4n) is 3.24. The molecule has 0 unspecified atom stereocenters. The molecule has 16 nitrogen and oxygen atoms in total. The first-order chi connectivity index (χ1) is 19.1. The number of benzene rings is 1. The summed E-state index contributed by atoms with van der Waals surface area (Å²) in [6.07, 6.45) is -0.378. The molecule has 0 radical (unpaired) electrons. The number of hydrogen-bond donors (Lipinski definition) is 4. The van der Waals surface area contributed by atoms with Crippen LogP contribution in [0.5, 0.6) is 0 Å². The SMILES string of the molecule is CCCCn1c(N(COC(=O)OCC(COP(=O)(O)O)COP(=O)(O)O)C(=O)CI)nc2c(F)cc(C#N)c(F)c21. The highest BCUT2D eigenvalue weighted by molar-refractivity contribution is 14.1. The molecule has 0 saturated carbocycles. The van der Waals surface area contributed by atoms with Crippen LogP contribution in [0, 0.1) is 28.9 Å². The van der Waals surface area contributed by atoms with Gasteiger partial charge in [0.25, 0.3) is 0 Å². The second-order valence-electron chi connectivity index (χ2n) is 8.17. The number of imidazole rings is 1. The van der Waals surface area contributed by atoms with Gasteiger partial charge in [-0.2, -0.15) is 5.26 Å². The number of anilines is 1. The number of rotatable bonds is 15. The molecular weight excluding hydrogens is 715 g/mol. The van der Waals surface area contributed by atoms with E-state index in [1.165, 1.54) is 4.57 Å². The van der Waals surface area contributed by atoms with E-state index in [1.54, 1.807) is 28.7 Å². The van der Waals surface area contributed by atoms with Crippen LogP contribution in [0.4, 0.5) is 19.5 Å². The maximum Gasteiger partial charge on any atom is 0.510 e. The van der Waals surface area contributed by atoms with Gasteiger partial charge in [0.2, 0.25) is 11.9 Å². The summed E-state index contributed by atoms with van der Waals surface area (Å²) in [6, 6.07) is 2.22. The highest BCUT2D eigenvalue weighted by atomic mass is 127. The zero-order chi connectivity index (χ0) is 31.0. The van der Waals surface area contributed by atoms with Crippen molar-refractivity contribution in [1.29, 1.82) is 5.26 Å². The van der Waals surface area contributed by atoms with Gasteiger partial charge in [-0.05, 0) is 12.5 Å². The van der Waals surface area contributed by atoms with Crippen LogP contribution in [-0.2, 0) is 39.0 Å². The van der Waals surface area contributed by atoms with Crippen LogP contribution in [0.1, 0.15) is 25.3 Å². The van der Waals surface area contributed by atoms with E-state index in [1.807, 2.05) is 6.92 Å². The Balaban J connectivity index is 2.28. The van der Waals surface area contributed by atoms with E-state index < -0.39 is 82.9 Å². The number of nitrogens with zero attached hydrogens (tertiary/aromatic N) is 4. The molecule has 1 aromatic heterocycles. The second kappa shape index (κ2) is 15.3. The second-order valence-corrected chi connectivity index (χ2v) is 11.4. The van der Waals surface area contributed by atoms with Crippen molar-refractivity contribution in [2.24, 2.45) is 5.92 Å². The first-order valence-electron chi connectivity index (χ1n) is 11.5. The molecule has 2 aromatic rings. The summed E-state index contributed by atoms with van der Waals surface area (Å²) in [4.78, 5) is 65.3. The van der Waals surface area contributed by atoms with Crippen molar-refractivity contribution in [3.05, 3.63) is 23.3 Å². The number of hydrogen-bond acceptors (Lipinski definition) is 10. The maximum absolute atomic E-state index is 15.1. The Morgan fingerprint density at radius 2 is 1.76 bits per heavy atom. The van der Waals surface area contributed by atoms with Gasteiger partial charge in [-0.25, -0.2) is 32.6 Å². The van der Waals surface area contributed by atoms with E-state index >= 15 is 4.39 Å². The Labute approximate surface area is 244 Å². The van der Waals surface area contributed by atoms with E-state index in [0.717, 1.165) is 4.90 Å². The lowest BCUT2D eigenvalue weighted by Crippen LogP contribution is -2.37. The van der Waals surface area contributed by atoms with Crippen LogP contribution in [0.3, 0.4) is 0 Å². The molecule has 0 aliphatic rings. The molecule has 0 fully saturated rings. The number of phosphoric ester groups is 2. The van der Waals surface area contributed by atoms with Crippen LogP contribution in [-0.4, -0.2) is 72.2 Å². The highest BCUT2D eigenvalue weighted by Crippen LogP contribution is 2.39. The lowest BCUT2D eigenvalue weighted by Gasteiger charge is -2.22. The molecule has 4 N–H and O–H groups in total. The number of aryl methyl sites for hydroxylation is 1. The molecule has 1 heterocycles. The Kier molecular flexibility index (Phi) is 13.0. The van der Waals surface area contributed by atoms with Crippen molar-refractivity contribution < 1.29 is 65.6 Å². The number of phosphoric acid groups is 2. The van der Waals surface area contributed by atoms with Gasteiger partial charge in [-0.3, -0.25) is 13.8 Å². The molecule has 0 spiro atoms. The lowest BCUT2D eigenvalue weighted by atomic mass is 10.2. The van der Waals surface area contributed by atoms with Crippen molar-refractivity contribution in [2.75, 3.05) is 35.9 Å². The number of ether oxygens (including phenoxy) is 2. The third kappa shape index (κ3) is 10.5. The Bertz CT molecular complexity index is 1370. The van der Waals surface area contributed by atoms with Gasteiger partial charge in [0.1, 0.15) is 23.7 Å². The molecule has 228 valence electrons. The van der Waals surface area contributed by atoms with Gasteiger partial charge in [0.15, 0.2) is 18.4 Å². The number of fused-ring (bicyclic) bond motifs is 1. The largest absolute Gasteiger partial charge is 0.510 e. The topological polar surface area (TPSA) is 231 Å². The molecule has 0 aliphatic heterocycles. The van der Waals surface area contributed by atoms with Crippen molar-refractivity contribution >= 4 is 67.3 Å². The van der Waals surface area contributed by atoms with E-state index in [9.17, 15) is 28.4 Å². The Hall–Kier alpha value is -2.27. The molecule has 0 bridgehead atoms. The zero-order valence-electron chi connectivity index (χ0n) is 21.2. The molecule has 0 atom stereocenters. The van der Waals surface area contributed by atoms with E-state index in [0.29, 0.717) is 18.9 Å². The molecule has 2 rings (SSSR count). The van der Waals surface area contributed by atoms with Crippen LogP contribution < -0.4 is 4.90 Å². The van der Waals surface area contributed by atoms with Crippen molar-refractivity contribution in [2.45, 2.75) is 26.3 Å². The minimum Gasteiger partial charge on any atom is -0.434 e. The monoisotopic (exact) mass is 740 g/mol. The quantitative estimate of drug-likeness (QED) is 0.0677. The maximum atomic E-state index is 15.1. The van der Waals surface area contributed by atoms with Crippen LogP contribution >= 0.6 is 38.2 Å². The molecule has 41 heavy (non-hydrogen) atoms. The summed E-state index contributed by atoms with van der Waals surface area (Å²) in [6.45, 7) is -1.38. The highest BCUT2D eigenvalue weighted by Gasteiger charge is 2.29. The summed E-state index contributed by atoms with van der Waals surface area (Å²) in [5.41, 5.74) is -1.40. The average molecular weight is 740 g/mol. The average Bonchev–Trinajstić information content (AvgIpc) is 3.27. The van der Waals surface area contributed by atoms with Gasteiger partial charge in [-0.1, -0.05) is 35.9 Å². The van der Waals surface area contributed by atoms with E-state index in [2.05, 4.69) is 14.0 Å². The fourth-order valence-corrected chi connectivity index (χ4v) is 4.46. The van der Waals surface area contributed by atoms with E-state index in [4.69, 9.17) is 29.0 Å². The summed E-state index contributed by atoms with van der Waals surface area (Å²) < 4.78 is 71.0. The third-order valence-corrected chi connectivity index (χ3v) is 6.73. The minimum absolute atomic E-state index is 0.0594. The number of carbonyl (C=O) groups is 2. The number of alkyl halides is 1. The molecule has 21 heteroatoms. The van der Waals surface area contributed by atoms with Gasteiger partial charge in [-0.15, -0.1) is 0 Å². The third-order valence-electron chi connectivity index (χ3n) is 5.11. The molecular formula is C20H25F2IN4O12P2. The molecule has 0 aliphatic carbocycles. The van der Waals surface area contributed by atoms with Crippen LogP contribution in [0.15, 0.2) is 6.07 Å². The Morgan fingerprint density at radius 3 is 2.27 bits per heavy atom. The van der Waals surface area contributed by atoms with Crippen LogP contribution in [0.2, 0.25) is 0 Å². The smallest absolute Gasteiger partial charge is 0.434 e. The number of unbranched alkanes of at least 4 members (excludes halogenated alkanes) is 1. The Morgan fingerprint density at radius 1 is 1.15 bits per heavy atom. The van der Waals surface area contributed by atoms with Gasteiger partial charge in [0.05, 0.1) is 23.2 Å². The van der Waals surface area contributed by atoms with Gasteiger partial charge < -0.3 is 33.6 Å². The minimum atomic E-state index is -4.99. The normalized spacial score (nSPS) is 12.0. The zero-order valence-corrected chi connectivity index (χ0v) is 25.1. The molecule has 1 amide bonds. The number of aromatic nitrogens is 2. The predicted molar refractivity (Wildman–Crippen MR) is 142 cm³/mol. The van der Waals surface area contributed by atoms with Gasteiger partial charge >= 0.3 is 21.8 Å². The van der Waals surface area contributed by atoms with Gasteiger partial charge in [0, 0.05) is 12.5 Å². The first-order valence-corrected chi connectivity index (χ1v) is 16.0. The number of halogens is 3. The number of carbonyl (C=O) groups excluding carboxylic acids is 2. The van der Waals surface area contributed by atoms with Crippen molar-refractivity contribution in [1.82, 2.24) is 9.55 Å². The summed E-state index contributed by atoms with van der Waals surface area (Å²) in [7, 11) is -9.98. The standard InChI is InChI=1S/C20H25F2IN4O12P2/c1-2-3-4-26-18-16(22)13(7-24)5-14(21)17(18)25-19(26)27(15(28)6-23)11-37-20(29)36-8-12(9-38-40(30,31)32)10-39-41(33,34)35/h5,12H,2-4,6,8-11H2,1H3,(H2,30,31,32)(H2,33,34,35). The summed E-state index contributed by atoms with van der Waals surface area (Å²) >= 11 is 1.71. The lowest BCUT2D eigenvalue weighted by molar-refractivity contribution is -0.116. The number of amides is 1. The number of nitriles is 1. The molecule has 1 aromatic carbocycles.